The topological polar surface area (TPSA) is 65.7 Å². The van der Waals surface area contributed by atoms with Gasteiger partial charge in [-0.25, -0.2) is 4.79 Å². The van der Waals surface area contributed by atoms with Gasteiger partial charge in [0.1, 0.15) is 23.3 Å². The molecule has 33 heavy (non-hydrogen) atoms. The summed E-state index contributed by atoms with van der Waals surface area (Å²) in [5, 5.41) is 0.340. The second-order valence-corrected chi connectivity index (χ2v) is 8.90. The fourth-order valence-corrected chi connectivity index (χ4v) is 3.42. The van der Waals surface area contributed by atoms with Gasteiger partial charge >= 0.3 is 5.97 Å². The Balaban J connectivity index is 1.52. The van der Waals surface area contributed by atoms with Crippen LogP contribution in [-0.4, -0.2) is 5.97 Å². The summed E-state index contributed by atoms with van der Waals surface area (Å²) >= 11 is 0. The molecule has 0 aliphatic carbocycles. The van der Waals surface area contributed by atoms with Gasteiger partial charge in [0.2, 0.25) is 11.2 Å². The number of aryl methyl sites for hydroxylation is 1. The van der Waals surface area contributed by atoms with Crippen molar-refractivity contribution in [3.63, 3.8) is 0 Å². The van der Waals surface area contributed by atoms with Crippen molar-refractivity contribution in [3.8, 4) is 17.2 Å². The van der Waals surface area contributed by atoms with Gasteiger partial charge in [-0.05, 0) is 59.4 Å². The maximum Gasteiger partial charge on any atom is 0.343 e. The molecule has 168 valence electrons. The van der Waals surface area contributed by atoms with Crippen LogP contribution in [0.5, 0.6) is 17.2 Å². The number of hydrogen-bond donors (Lipinski definition) is 0. The second-order valence-electron chi connectivity index (χ2n) is 8.90. The first-order chi connectivity index (χ1) is 15.7. The average Bonchev–Trinajstić information content (AvgIpc) is 2.81. The molecule has 0 radical (unpaired) electrons. The van der Waals surface area contributed by atoms with Gasteiger partial charge in [0, 0.05) is 6.07 Å². The molecule has 5 heteroatoms. The predicted octanol–water partition coefficient (Wildman–Crippen LogP) is 6.66. The molecule has 0 amide bonds. The van der Waals surface area contributed by atoms with Crippen molar-refractivity contribution < 1.29 is 18.7 Å². The Bertz CT molecular complexity index is 1340. The van der Waals surface area contributed by atoms with Crippen LogP contribution in [0.15, 0.2) is 82.2 Å². The lowest BCUT2D eigenvalue weighted by Gasteiger charge is -2.18. The Kier molecular flexibility index (Phi) is 6.05. The van der Waals surface area contributed by atoms with E-state index in [1.54, 1.807) is 24.3 Å². The highest BCUT2D eigenvalue weighted by atomic mass is 16.5. The highest BCUT2D eigenvalue weighted by Gasteiger charge is 2.16. The Labute approximate surface area is 192 Å². The van der Waals surface area contributed by atoms with E-state index in [9.17, 15) is 9.59 Å². The minimum Gasteiger partial charge on any atom is -0.460 e. The number of carbonyl (C=O) groups is 1. The van der Waals surface area contributed by atoms with Crippen molar-refractivity contribution in [1.82, 2.24) is 0 Å². The summed E-state index contributed by atoms with van der Waals surface area (Å²) in [6, 6.07) is 19.6. The molecule has 0 N–H and O–H groups in total. The fraction of sp³-hybridized carbons (Fsp3) is 0.214. The van der Waals surface area contributed by atoms with Crippen molar-refractivity contribution >= 4 is 16.9 Å². The van der Waals surface area contributed by atoms with E-state index in [-0.39, 0.29) is 16.6 Å². The third-order valence-corrected chi connectivity index (χ3v) is 5.47. The molecule has 4 rings (SSSR count). The molecule has 0 atom stereocenters. The highest BCUT2D eigenvalue weighted by Crippen LogP contribution is 2.26. The lowest BCUT2D eigenvalue weighted by Crippen LogP contribution is -2.13. The van der Waals surface area contributed by atoms with E-state index in [4.69, 9.17) is 13.9 Å². The van der Waals surface area contributed by atoms with E-state index in [1.807, 2.05) is 36.4 Å². The molecule has 0 aliphatic heterocycles. The first-order valence-corrected chi connectivity index (χ1v) is 10.9. The summed E-state index contributed by atoms with van der Waals surface area (Å²) in [5.41, 5.74) is 2.77. The van der Waals surface area contributed by atoms with Crippen LogP contribution >= 0.6 is 0 Å². The molecule has 4 aromatic rings. The van der Waals surface area contributed by atoms with Gasteiger partial charge in [-0.1, -0.05) is 52.0 Å². The van der Waals surface area contributed by atoms with Crippen molar-refractivity contribution in [2.24, 2.45) is 0 Å². The summed E-state index contributed by atoms with van der Waals surface area (Å²) in [4.78, 5) is 25.4. The first kappa shape index (κ1) is 22.3. The fourth-order valence-electron chi connectivity index (χ4n) is 3.42. The van der Waals surface area contributed by atoms with Crippen molar-refractivity contribution in [2.75, 3.05) is 0 Å². The maximum absolute atomic E-state index is 12.8. The van der Waals surface area contributed by atoms with Crippen LogP contribution in [0.1, 0.15) is 49.2 Å². The van der Waals surface area contributed by atoms with E-state index in [1.165, 1.54) is 17.9 Å². The zero-order valence-electron chi connectivity index (χ0n) is 19.2. The highest BCUT2D eigenvalue weighted by molar-refractivity contribution is 5.91. The molecule has 0 saturated heterocycles. The van der Waals surface area contributed by atoms with E-state index >= 15 is 0 Å². The smallest absolute Gasteiger partial charge is 0.343 e. The van der Waals surface area contributed by atoms with Gasteiger partial charge in [0.15, 0.2) is 0 Å². The molecule has 0 unspecified atom stereocenters. The third kappa shape index (κ3) is 4.98. The molecule has 0 bridgehead atoms. The number of carbonyl (C=O) groups excluding carboxylic acids is 1. The van der Waals surface area contributed by atoms with Gasteiger partial charge in [0.05, 0.1) is 10.9 Å². The van der Waals surface area contributed by atoms with Crippen molar-refractivity contribution in [1.29, 1.82) is 0 Å². The zero-order chi connectivity index (χ0) is 23.6. The van der Waals surface area contributed by atoms with Gasteiger partial charge in [0.25, 0.3) is 0 Å². The summed E-state index contributed by atoms with van der Waals surface area (Å²) < 4.78 is 16.8. The van der Waals surface area contributed by atoms with Crippen LogP contribution < -0.4 is 14.9 Å². The Morgan fingerprint density at radius 3 is 2.21 bits per heavy atom. The minimum atomic E-state index is -0.479. The van der Waals surface area contributed by atoms with Crippen LogP contribution in [0.3, 0.4) is 0 Å². The molecular weight excluding hydrogens is 416 g/mol. The molecule has 1 heterocycles. The largest absolute Gasteiger partial charge is 0.460 e. The minimum absolute atomic E-state index is 0.000149. The number of hydrogen-bond acceptors (Lipinski definition) is 5. The molecular formula is C28H26O5. The van der Waals surface area contributed by atoms with Crippen LogP contribution in [-0.2, 0) is 11.8 Å². The molecule has 1 aromatic heterocycles. The van der Waals surface area contributed by atoms with E-state index in [2.05, 4.69) is 27.7 Å². The van der Waals surface area contributed by atoms with Crippen LogP contribution in [0.4, 0.5) is 0 Å². The van der Waals surface area contributed by atoms with E-state index in [0.717, 1.165) is 12.0 Å². The third-order valence-electron chi connectivity index (χ3n) is 5.47. The number of fused-ring (bicyclic) bond motifs is 1. The Morgan fingerprint density at radius 2 is 1.58 bits per heavy atom. The summed E-state index contributed by atoms with van der Waals surface area (Å²) in [7, 11) is 0. The van der Waals surface area contributed by atoms with Gasteiger partial charge in [-0.2, -0.15) is 0 Å². The van der Waals surface area contributed by atoms with Crippen LogP contribution in [0, 0.1) is 0 Å². The van der Waals surface area contributed by atoms with Gasteiger partial charge in [-0.15, -0.1) is 0 Å². The number of rotatable bonds is 5. The van der Waals surface area contributed by atoms with Crippen LogP contribution in [0.25, 0.3) is 11.0 Å². The number of ether oxygens (including phenoxy) is 2. The van der Waals surface area contributed by atoms with Gasteiger partial charge in [-0.3, -0.25) is 4.79 Å². The maximum atomic E-state index is 12.8. The predicted molar refractivity (Wildman–Crippen MR) is 128 cm³/mol. The van der Waals surface area contributed by atoms with Crippen molar-refractivity contribution in [3.05, 3.63) is 99.9 Å². The molecule has 0 spiro atoms. The summed E-state index contributed by atoms with van der Waals surface area (Å²) in [5.74, 6) is 0.462. The molecule has 0 aliphatic rings. The Hall–Kier alpha value is -3.86. The summed E-state index contributed by atoms with van der Waals surface area (Å²) in [6.45, 7) is 8.41. The van der Waals surface area contributed by atoms with Gasteiger partial charge < -0.3 is 13.9 Å². The van der Waals surface area contributed by atoms with E-state index < -0.39 is 5.97 Å². The zero-order valence-corrected chi connectivity index (χ0v) is 19.2. The monoisotopic (exact) mass is 442 g/mol. The Morgan fingerprint density at radius 1 is 0.909 bits per heavy atom. The van der Waals surface area contributed by atoms with E-state index in [0.29, 0.717) is 28.0 Å². The molecule has 0 fully saturated rings. The van der Waals surface area contributed by atoms with Crippen molar-refractivity contribution in [2.45, 2.75) is 39.5 Å². The molecule has 5 nitrogen and oxygen atoms in total. The number of benzene rings is 3. The van der Waals surface area contributed by atoms with Crippen LogP contribution in [0.2, 0.25) is 0 Å². The average molecular weight is 443 g/mol. The quantitative estimate of drug-likeness (QED) is 0.255. The lowest BCUT2D eigenvalue weighted by molar-refractivity contribution is 0.0735. The SMILES string of the molecule is CCc1ccc(Oc2coc3cc(OC(=O)c4ccc(C(C)(C)C)cc4)ccc3c2=O)cc1. The number of esters is 1. The molecule has 3 aromatic carbocycles. The molecule has 0 saturated carbocycles. The standard InChI is InChI=1S/C28H26O5/c1-5-18-6-12-21(13-7-18)32-25-17-31-24-16-22(14-15-23(24)26(25)29)33-27(30)19-8-10-20(11-9-19)28(2,3)4/h6-17H,5H2,1-4H3. The normalized spacial score (nSPS) is 11.4. The first-order valence-electron chi connectivity index (χ1n) is 10.9. The summed E-state index contributed by atoms with van der Waals surface area (Å²) in [6.07, 6.45) is 2.20. The second kappa shape index (κ2) is 8.94. The lowest BCUT2D eigenvalue weighted by atomic mass is 9.87.